The van der Waals surface area contributed by atoms with Crippen molar-refractivity contribution in [3.05, 3.63) is 169 Å². The maximum Gasteiger partial charge on any atom is 0.220 e. The molecule has 4 heteroatoms. The number of halogens is 1. The molecule has 3 nitrogen and oxygen atoms in total. The highest BCUT2D eigenvalue weighted by Crippen LogP contribution is 2.33. The van der Waals surface area contributed by atoms with Crippen LogP contribution in [0.4, 0.5) is 0 Å². The van der Waals surface area contributed by atoms with Gasteiger partial charge in [-0.05, 0) is 92.7 Å². The van der Waals surface area contributed by atoms with Gasteiger partial charge in [0.05, 0.1) is 6.54 Å². The lowest BCUT2D eigenvalue weighted by molar-refractivity contribution is 1.07. The van der Waals surface area contributed by atoms with Crippen molar-refractivity contribution < 1.29 is 0 Å². The summed E-state index contributed by atoms with van der Waals surface area (Å²) in [5.41, 5.74) is 11.1. The predicted molar refractivity (Wildman–Crippen MR) is 188 cm³/mol. The quantitative estimate of drug-likeness (QED) is 0.101. The molecule has 0 saturated carbocycles. The smallest absolute Gasteiger partial charge is 0.220 e. The van der Waals surface area contributed by atoms with Gasteiger partial charge in [-0.15, -0.1) is 0 Å². The van der Waals surface area contributed by atoms with Crippen molar-refractivity contribution in [3.63, 3.8) is 0 Å². The Bertz CT molecular complexity index is 1870. The van der Waals surface area contributed by atoms with Gasteiger partial charge in [0.15, 0.2) is 5.84 Å². The van der Waals surface area contributed by atoms with E-state index in [1.807, 2.05) is 54.6 Å². The Morgan fingerprint density at radius 2 is 0.932 bits per heavy atom. The fourth-order valence-corrected chi connectivity index (χ4v) is 5.29. The van der Waals surface area contributed by atoms with E-state index in [0.717, 1.165) is 33.4 Å². The maximum atomic E-state index is 6.49. The van der Waals surface area contributed by atoms with E-state index in [0.29, 0.717) is 12.4 Å². The van der Waals surface area contributed by atoms with Crippen LogP contribution in [0.3, 0.4) is 0 Å². The zero-order chi connectivity index (χ0) is 30.1. The summed E-state index contributed by atoms with van der Waals surface area (Å²) in [7, 11) is 0. The molecule has 0 aliphatic carbocycles. The molecule has 0 fully saturated rings. The molecule has 0 N–H and O–H groups in total. The molecular weight excluding hydrogens is 558 g/mol. The number of aliphatic imine (C=N–C) groups is 3. The summed E-state index contributed by atoms with van der Waals surface area (Å²) >= 11 is 6.49. The lowest BCUT2D eigenvalue weighted by Gasteiger charge is -2.12. The Kier molecular flexibility index (Phi) is 8.96. The Morgan fingerprint density at radius 3 is 1.45 bits per heavy atom. The molecule has 0 unspecified atom stereocenters. The first-order chi connectivity index (χ1) is 21.7. The third kappa shape index (κ3) is 6.97. The molecule has 0 spiro atoms. The van der Waals surface area contributed by atoms with E-state index < -0.39 is 0 Å². The van der Waals surface area contributed by atoms with E-state index in [1.54, 1.807) is 0 Å². The van der Waals surface area contributed by atoms with Gasteiger partial charge in [0, 0.05) is 5.56 Å². The second kappa shape index (κ2) is 13.7. The summed E-state index contributed by atoms with van der Waals surface area (Å²) < 4.78 is 0. The van der Waals surface area contributed by atoms with Crippen molar-refractivity contribution in [1.29, 1.82) is 0 Å². The summed E-state index contributed by atoms with van der Waals surface area (Å²) in [6, 6.07) is 54.3. The van der Waals surface area contributed by atoms with E-state index in [9.17, 15) is 0 Å². The molecule has 0 aliphatic heterocycles. The lowest BCUT2D eigenvalue weighted by Crippen LogP contribution is -2.00. The third-order valence-electron chi connectivity index (χ3n) is 7.40. The van der Waals surface area contributed by atoms with Crippen LogP contribution < -0.4 is 0 Å². The zero-order valence-electron chi connectivity index (χ0n) is 24.1. The van der Waals surface area contributed by atoms with Gasteiger partial charge in [0.25, 0.3) is 0 Å². The molecule has 6 aromatic rings. The molecule has 6 aromatic carbocycles. The summed E-state index contributed by atoms with van der Waals surface area (Å²) in [4.78, 5) is 13.1. The van der Waals surface area contributed by atoms with Crippen molar-refractivity contribution in [1.82, 2.24) is 0 Å². The molecule has 0 radical (unpaired) electrons. The zero-order valence-corrected chi connectivity index (χ0v) is 24.9. The molecular formula is C40H30ClN3. The van der Waals surface area contributed by atoms with E-state index in [4.69, 9.17) is 11.6 Å². The van der Waals surface area contributed by atoms with Crippen molar-refractivity contribution in [2.75, 3.05) is 0 Å². The normalized spacial score (nSPS) is 11.8. The van der Waals surface area contributed by atoms with Crippen molar-refractivity contribution >= 4 is 29.4 Å². The maximum absolute atomic E-state index is 6.49. The highest BCUT2D eigenvalue weighted by Gasteiger charge is 2.09. The van der Waals surface area contributed by atoms with E-state index >= 15 is 0 Å². The molecule has 0 atom stereocenters. The van der Waals surface area contributed by atoms with Gasteiger partial charge in [0.1, 0.15) is 0 Å². The average molecular weight is 588 g/mol. The van der Waals surface area contributed by atoms with Crippen LogP contribution in [0.25, 0.3) is 44.5 Å². The lowest BCUT2D eigenvalue weighted by atomic mass is 9.93. The van der Waals surface area contributed by atoms with E-state index in [1.165, 1.54) is 22.3 Å². The fourth-order valence-electron chi connectivity index (χ4n) is 5.15. The molecule has 44 heavy (non-hydrogen) atoms. The minimum atomic E-state index is 0.127. The average Bonchev–Trinajstić information content (AvgIpc) is 3.11. The number of hydrogen-bond donors (Lipinski definition) is 0. The first kappa shape index (κ1) is 28.7. The number of rotatable bonds is 7. The molecule has 0 heterocycles. The molecule has 0 saturated heterocycles. The minimum absolute atomic E-state index is 0.127. The molecule has 0 amide bonds. The van der Waals surface area contributed by atoms with Crippen LogP contribution in [0, 0.1) is 0 Å². The van der Waals surface area contributed by atoms with Gasteiger partial charge in [-0.3, -0.25) is 4.99 Å². The van der Waals surface area contributed by atoms with Gasteiger partial charge in [-0.2, -0.15) is 4.99 Å². The predicted octanol–water partition coefficient (Wildman–Crippen LogP) is 10.6. The molecule has 6 rings (SSSR count). The molecule has 0 aliphatic rings. The number of hydrogen-bond acceptors (Lipinski definition) is 1. The Labute approximate surface area is 263 Å². The molecule has 0 bridgehead atoms. The minimum Gasteiger partial charge on any atom is -0.251 e. The van der Waals surface area contributed by atoms with Gasteiger partial charge in [0.2, 0.25) is 5.29 Å². The van der Waals surface area contributed by atoms with Gasteiger partial charge in [-0.25, -0.2) is 4.99 Å². The Hall–Kier alpha value is -5.38. The van der Waals surface area contributed by atoms with Crippen LogP contribution in [-0.4, -0.2) is 17.8 Å². The van der Waals surface area contributed by atoms with Crippen LogP contribution in [0.5, 0.6) is 0 Å². The topological polar surface area (TPSA) is 37.1 Å². The summed E-state index contributed by atoms with van der Waals surface area (Å²) in [5.74, 6) is 0.429. The Balaban J connectivity index is 1.25. The second-order valence-electron chi connectivity index (χ2n) is 10.4. The largest absolute Gasteiger partial charge is 0.251 e. The second-order valence-corrected chi connectivity index (χ2v) is 10.7. The molecule has 0 aromatic heterocycles. The van der Waals surface area contributed by atoms with Crippen molar-refractivity contribution in [2.24, 2.45) is 15.0 Å². The van der Waals surface area contributed by atoms with Crippen LogP contribution >= 0.6 is 11.6 Å². The van der Waals surface area contributed by atoms with Crippen LogP contribution in [0.15, 0.2) is 173 Å². The SMILES string of the molecule is C=N/C(=N\C(Cl)=N/Cc1cccc(-c2cc(-c3ccccc3)cc(-c3ccccc3)c2)c1)c1ccc(-c2ccccc2)cc1. The number of amidine groups is 2. The monoisotopic (exact) mass is 587 g/mol. The van der Waals surface area contributed by atoms with Gasteiger partial charge >= 0.3 is 0 Å². The fraction of sp³-hybridized carbons (Fsp3) is 0.0250. The van der Waals surface area contributed by atoms with Crippen LogP contribution in [-0.2, 0) is 6.54 Å². The van der Waals surface area contributed by atoms with E-state index in [2.05, 4.69) is 125 Å². The van der Waals surface area contributed by atoms with E-state index in [-0.39, 0.29) is 5.29 Å². The van der Waals surface area contributed by atoms with Crippen LogP contribution in [0.1, 0.15) is 11.1 Å². The molecule has 212 valence electrons. The highest BCUT2D eigenvalue weighted by molar-refractivity contribution is 6.65. The van der Waals surface area contributed by atoms with Gasteiger partial charge < -0.3 is 0 Å². The number of benzene rings is 6. The summed E-state index contributed by atoms with van der Waals surface area (Å²) in [6.45, 7) is 4.08. The summed E-state index contributed by atoms with van der Waals surface area (Å²) in [6.07, 6.45) is 0. The first-order valence-electron chi connectivity index (χ1n) is 14.4. The summed E-state index contributed by atoms with van der Waals surface area (Å²) in [5, 5.41) is 0.127. The number of nitrogens with zero attached hydrogens (tertiary/aromatic N) is 3. The third-order valence-corrected chi connectivity index (χ3v) is 7.60. The van der Waals surface area contributed by atoms with Gasteiger partial charge in [-0.1, -0.05) is 133 Å². The van der Waals surface area contributed by atoms with Crippen LogP contribution in [0.2, 0.25) is 0 Å². The highest BCUT2D eigenvalue weighted by atomic mass is 35.5. The first-order valence-corrected chi connectivity index (χ1v) is 14.8. The van der Waals surface area contributed by atoms with Crippen molar-refractivity contribution in [2.45, 2.75) is 6.54 Å². The standard InChI is InChI=1S/C40H30ClN3/c1-42-39(34-22-20-33(21-23-34)30-13-5-2-6-14-30)44-40(41)43-28-29-12-11-19-35(24-29)38-26-36(31-15-7-3-8-16-31)25-37(27-38)32-17-9-4-10-18-32/h2-27H,1,28H2/b43-40-,44-39-. The Morgan fingerprint density at radius 1 is 0.477 bits per heavy atom. The van der Waals surface area contributed by atoms with Crippen molar-refractivity contribution in [3.8, 4) is 44.5 Å².